The van der Waals surface area contributed by atoms with E-state index in [4.69, 9.17) is 11.6 Å². The van der Waals surface area contributed by atoms with Crippen LogP contribution < -0.4 is 10.2 Å². The van der Waals surface area contributed by atoms with Crippen LogP contribution in [0, 0.1) is 0 Å². The van der Waals surface area contributed by atoms with Crippen molar-refractivity contribution in [2.45, 2.75) is 37.6 Å². The topological polar surface area (TPSA) is 61.0 Å². The van der Waals surface area contributed by atoms with Crippen molar-refractivity contribution in [3.05, 3.63) is 23.4 Å². The van der Waals surface area contributed by atoms with Gasteiger partial charge >= 0.3 is 0 Å². The molecule has 0 unspecified atom stereocenters. The number of anilines is 1. The van der Waals surface area contributed by atoms with Crippen LogP contribution in [0.15, 0.2) is 18.3 Å². The fourth-order valence-electron chi connectivity index (χ4n) is 3.82. The highest BCUT2D eigenvalue weighted by atomic mass is 35.5. The second-order valence-electron chi connectivity index (χ2n) is 6.43. The molecular formula is C16H19ClN4O. The lowest BCUT2D eigenvalue weighted by atomic mass is 9.80. The number of aromatic nitrogens is 2. The van der Waals surface area contributed by atoms with E-state index in [1.807, 2.05) is 18.3 Å². The number of nitrogens with zero attached hydrogens (tertiary/aromatic N) is 2. The number of hydrogen-bond acceptors (Lipinski definition) is 3. The molecule has 6 heteroatoms. The van der Waals surface area contributed by atoms with E-state index in [2.05, 4.69) is 20.4 Å². The molecule has 3 heterocycles. The molecule has 1 spiro atoms. The normalized spacial score (nSPS) is 21.3. The van der Waals surface area contributed by atoms with E-state index in [0.717, 1.165) is 60.4 Å². The number of piperidine rings is 2. The summed E-state index contributed by atoms with van der Waals surface area (Å²) in [6, 6.07) is 3.91. The second-order valence-corrected chi connectivity index (χ2v) is 6.86. The average molecular weight is 319 g/mol. The summed E-state index contributed by atoms with van der Waals surface area (Å²) in [5, 5.41) is 12.2. The number of hydrogen-bond donors (Lipinski definition) is 2. The van der Waals surface area contributed by atoms with E-state index in [-0.39, 0.29) is 11.4 Å². The Morgan fingerprint density at radius 2 is 2.05 bits per heavy atom. The maximum Gasteiger partial charge on any atom is 0.220 e. The maximum absolute atomic E-state index is 11.7. The van der Waals surface area contributed by atoms with Crippen LogP contribution in [0.5, 0.6) is 0 Å². The Bertz CT molecular complexity index is 718. The van der Waals surface area contributed by atoms with Crippen molar-refractivity contribution < 1.29 is 4.79 Å². The molecule has 116 valence electrons. The molecule has 22 heavy (non-hydrogen) atoms. The Labute approximate surface area is 134 Å². The summed E-state index contributed by atoms with van der Waals surface area (Å²) in [7, 11) is 0. The van der Waals surface area contributed by atoms with Crippen LogP contribution in [-0.2, 0) is 4.79 Å². The van der Waals surface area contributed by atoms with Gasteiger partial charge in [-0.15, -0.1) is 0 Å². The van der Waals surface area contributed by atoms with E-state index in [1.165, 1.54) is 0 Å². The van der Waals surface area contributed by atoms with Gasteiger partial charge in [-0.3, -0.25) is 9.89 Å². The smallest absolute Gasteiger partial charge is 0.220 e. The Morgan fingerprint density at radius 3 is 2.82 bits per heavy atom. The molecule has 4 rings (SSSR count). The summed E-state index contributed by atoms with van der Waals surface area (Å²) in [6.45, 7) is 1.86. The van der Waals surface area contributed by atoms with E-state index in [1.54, 1.807) is 0 Å². The molecule has 0 bridgehead atoms. The molecular weight excluding hydrogens is 300 g/mol. The molecule has 0 radical (unpaired) electrons. The average Bonchev–Trinajstić information content (AvgIpc) is 2.95. The zero-order chi connectivity index (χ0) is 15.2. The molecule has 1 aromatic carbocycles. The molecule has 0 atom stereocenters. The van der Waals surface area contributed by atoms with E-state index in [9.17, 15) is 4.79 Å². The van der Waals surface area contributed by atoms with Gasteiger partial charge in [0.25, 0.3) is 0 Å². The van der Waals surface area contributed by atoms with Gasteiger partial charge in [-0.05, 0) is 37.8 Å². The summed E-state index contributed by atoms with van der Waals surface area (Å²) in [4.78, 5) is 14.1. The maximum atomic E-state index is 11.7. The van der Waals surface area contributed by atoms with Crippen molar-refractivity contribution >= 4 is 34.1 Å². The van der Waals surface area contributed by atoms with Crippen molar-refractivity contribution in [3.63, 3.8) is 0 Å². The number of halogens is 1. The SMILES string of the molecule is O=C1CCCC2(CCN(c3cc(Cl)cc4[nH]ncc34)CC2)N1. The van der Waals surface area contributed by atoms with Crippen LogP contribution in [0.25, 0.3) is 10.9 Å². The summed E-state index contributed by atoms with van der Waals surface area (Å²) in [6.07, 6.45) is 6.62. The van der Waals surface area contributed by atoms with Gasteiger partial charge in [-0.25, -0.2) is 0 Å². The number of benzene rings is 1. The zero-order valence-corrected chi connectivity index (χ0v) is 13.1. The predicted molar refractivity (Wildman–Crippen MR) is 87.3 cm³/mol. The third kappa shape index (κ3) is 2.33. The van der Waals surface area contributed by atoms with E-state index in [0.29, 0.717) is 6.42 Å². The Hall–Kier alpha value is -1.75. The van der Waals surface area contributed by atoms with Crippen molar-refractivity contribution in [1.29, 1.82) is 0 Å². The minimum Gasteiger partial charge on any atom is -0.371 e. The minimum atomic E-state index is 0.0138. The fourth-order valence-corrected chi connectivity index (χ4v) is 4.03. The number of H-pyrrole nitrogens is 1. The number of rotatable bonds is 1. The molecule has 2 aromatic rings. The quantitative estimate of drug-likeness (QED) is 0.850. The van der Waals surface area contributed by atoms with Gasteiger partial charge in [-0.1, -0.05) is 11.6 Å². The highest BCUT2D eigenvalue weighted by Gasteiger charge is 2.38. The minimum absolute atomic E-state index is 0.0138. The molecule has 2 fully saturated rings. The molecule has 2 aliphatic rings. The Morgan fingerprint density at radius 1 is 1.23 bits per heavy atom. The number of carbonyl (C=O) groups excluding carboxylic acids is 1. The lowest BCUT2D eigenvalue weighted by Gasteiger charge is -2.45. The van der Waals surface area contributed by atoms with Gasteiger partial charge in [0.05, 0.1) is 11.7 Å². The standard InChI is InChI=1S/C16H19ClN4O/c17-11-8-13-12(10-18-20-13)14(9-11)21-6-4-16(5-7-21)3-1-2-15(22)19-16/h8-10H,1-7H2,(H,18,20)(H,19,22). The summed E-state index contributed by atoms with van der Waals surface area (Å²) < 4.78 is 0. The molecule has 1 aromatic heterocycles. The first-order valence-corrected chi connectivity index (χ1v) is 8.22. The fraction of sp³-hybridized carbons (Fsp3) is 0.500. The summed E-state index contributed by atoms with van der Waals surface area (Å²) in [5.41, 5.74) is 2.11. The number of fused-ring (bicyclic) bond motifs is 1. The molecule has 5 nitrogen and oxygen atoms in total. The predicted octanol–water partition coefficient (Wildman–Crippen LogP) is 2.86. The van der Waals surface area contributed by atoms with Crippen molar-refractivity contribution in [3.8, 4) is 0 Å². The Balaban J connectivity index is 1.58. The first kappa shape index (κ1) is 13.9. The van der Waals surface area contributed by atoms with Gasteiger partial charge in [0.15, 0.2) is 0 Å². The zero-order valence-electron chi connectivity index (χ0n) is 12.4. The van der Waals surface area contributed by atoms with Crippen molar-refractivity contribution in [2.75, 3.05) is 18.0 Å². The highest BCUT2D eigenvalue weighted by molar-refractivity contribution is 6.31. The molecule has 2 aliphatic heterocycles. The molecule has 0 saturated carbocycles. The number of aromatic amines is 1. The van der Waals surface area contributed by atoms with E-state index < -0.39 is 0 Å². The van der Waals surface area contributed by atoms with Crippen LogP contribution >= 0.6 is 11.6 Å². The van der Waals surface area contributed by atoms with Gasteiger partial charge in [0.2, 0.25) is 5.91 Å². The Kier molecular flexibility index (Phi) is 3.26. The number of carbonyl (C=O) groups is 1. The number of nitrogens with one attached hydrogen (secondary N) is 2. The molecule has 2 N–H and O–H groups in total. The summed E-state index contributed by atoms with van der Waals surface area (Å²) in [5.74, 6) is 0.208. The van der Waals surface area contributed by atoms with Crippen molar-refractivity contribution in [2.24, 2.45) is 0 Å². The monoisotopic (exact) mass is 318 g/mol. The third-order valence-corrected chi connectivity index (χ3v) is 5.24. The van der Waals surface area contributed by atoms with Crippen LogP contribution in [0.1, 0.15) is 32.1 Å². The molecule has 2 saturated heterocycles. The van der Waals surface area contributed by atoms with Crippen LogP contribution in [-0.4, -0.2) is 34.7 Å². The van der Waals surface area contributed by atoms with Gasteiger partial charge in [0.1, 0.15) is 0 Å². The lowest BCUT2D eigenvalue weighted by Crippen LogP contribution is -2.57. The first-order valence-electron chi connectivity index (χ1n) is 7.84. The largest absolute Gasteiger partial charge is 0.371 e. The van der Waals surface area contributed by atoms with Gasteiger partial charge < -0.3 is 10.2 Å². The second kappa shape index (κ2) is 5.16. The van der Waals surface area contributed by atoms with Crippen LogP contribution in [0.2, 0.25) is 5.02 Å². The lowest BCUT2D eigenvalue weighted by molar-refractivity contribution is -0.125. The molecule has 0 aliphatic carbocycles. The van der Waals surface area contributed by atoms with Crippen LogP contribution in [0.4, 0.5) is 5.69 Å². The summed E-state index contributed by atoms with van der Waals surface area (Å²) >= 11 is 6.23. The highest BCUT2D eigenvalue weighted by Crippen LogP contribution is 2.36. The van der Waals surface area contributed by atoms with E-state index >= 15 is 0 Å². The third-order valence-electron chi connectivity index (χ3n) is 5.03. The van der Waals surface area contributed by atoms with Gasteiger partial charge in [-0.2, -0.15) is 5.10 Å². The van der Waals surface area contributed by atoms with Gasteiger partial charge in [0, 0.05) is 41.1 Å². The molecule has 1 amide bonds. The first-order chi connectivity index (χ1) is 10.7. The van der Waals surface area contributed by atoms with Crippen LogP contribution in [0.3, 0.4) is 0 Å². The number of amides is 1. The van der Waals surface area contributed by atoms with Crippen molar-refractivity contribution in [1.82, 2.24) is 15.5 Å².